The maximum Gasteiger partial charge on any atom is 0.282 e. The summed E-state index contributed by atoms with van der Waals surface area (Å²) in [7, 11) is 0. The van der Waals surface area contributed by atoms with E-state index in [4.69, 9.17) is 9.72 Å². The smallest absolute Gasteiger partial charge is 0.282 e. The van der Waals surface area contributed by atoms with E-state index in [2.05, 4.69) is 5.10 Å². The minimum Gasteiger partial charge on any atom is -0.488 e. The van der Waals surface area contributed by atoms with Crippen molar-refractivity contribution >= 4 is 22.8 Å². The molecule has 0 aliphatic heterocycles. The van der Waals surface area contributed by atoms with Gasteiger partial charge in [-0.15, -0.1) is 0 Å². The molecule has 8 nitrogen and oxygen atoms in total. The van der Waals surface area contributed by atoms with Gasteiger partial charge >= 0.3 is 0 Å². The molecular formula is C28H26N4O4. The van der Waals surface area contributed by atoms with E-state index >= 15 is 0 Å². The first-order valence-electron chi connectivity index (χ1n) is 12.1. The largest absolute Gasteiger partial charge is 0.488 e. The summed E-state index contributed by atoms with van der Waals surface area (Å²) < 4.78 is 7.42. The molecule has 36 heavy (non-hydrogen) atoms. The number of aromatic nitrogens is 2. The summed E-state index contributed by atoms with van der Waals surface area (Å²) in [6, 6.07) is 21.1. The zero-order chi connectivity index (χ0) is 24.9. The molecule has 1 saturated carbocycles. The molecule has 1 aromatic heterocycles. The molecule has 0 spiro atoms. The third kappa shape index (κ3) is 5.02. The van der Waals surface area contributed by atoms with Crippen molar-refractivity contribution in [2.75, 3.05) is 0 Å². The van der Waals surface area contributed by atoms with Crippen LogP contribution in [0.4, 0.5) is 5.69 Å². The lowest BCUT2D eigenvalue weighted by atomic mass is 9.88. The molecule has 1 aliphatic carbocycles. The van der Waals surface area contributed by atoms with Gasteiger partial charge in [0, 0.05) is 23.6 Å². The van der Waals surface area contributed by atoms with Crippen molar-refractivity contribution in [3.05, 3.63) is 110 Å². The summed E-state index contributed by atoms with van der Waals surface area (Å²) in [4.78, 5) is 28.9. The molecule has 0 amide bonds. The first kappa shape index (κ1) is 23.4. The van der Waals surface area contributed by atoms with Crippen LogP contribution in [0.5, 0.6) is 5.75 Å². The Labute approximate surface area is 208 Å². The van der Waals surface area contributed by atoms with Crippen LogP contribution >= 0.6 is 0 Å². The Balaban J connectivity index is 1.47. The van der Waals surface area contributed by atoms with Gasteiger partial charge in [-0.3, -0.25) is 14.9 Å². The van der Waals surface area contributed by atoms with Gasteiger partial charge in [0.1, 0.15) is 18.2 Å². The molecule has 1 aliphatic rings. The molecule has 0 radical (unpaired) electrons. The molecule has 1 fully saturated rings. The van der Waals surface area contributed by atoms with Gasteiger partial charge in [0.15, 0.2) is 0 Å². The SMILES string of the molecule is O=c1c2ccccc2nc(C2CCCCC2)n1N=Cc1ccccc1OCc1cccc([N+](=O)[O-])c1. The minimum absolute atomic E-state index is 0.0179. The van der Waals surface area contributed by atoms with Crippen molar-refractivity contribution in [3.63, 3.8) is 0 Å². The number of benzene rings is 3. The highest BCUT2D eigenvalue weighted by Gasteiger charge is 2.22. The van der Waals surface area contributed by atoms with Gasteiger partial charge in [-0.25, -0.2) is 4.98 Å². The van der Waals surface area contributed by atoms with Crippen molar-refractivity contribution in [2.24, 2.45) is 5.10 Å². The van der Waals surface area contributed by atoms with Crippen LogP contribution in [0.15, 0.2) is 82.7 Å². The molecular weight excluding hydrogens is 456 g/mol. The lowest BCUT2D eigenvalue weighted by Gasteiger charge is -2.22. The topological polar surface area (TPSA) is 99.6 Å². The van der Waals surface area contributed by atoms with Gasteiger partial charge in [-0.2, -0.15) is 9.78 Å². The highest BCUT2D eigenvalue weighted by molar-refractivity contribution is 5.83. The fourth-order valence-corrected chi connectivity index (χ4v) is 4.64. The van der Waals surface area contributed by atoms with Crippen LogP contribution in [0.2, 0.25) is 0 Å². The molecule has 0 atom stereocenters. The first-order valence-corrected chi connectivity index (χ1v) is 12.1. The maximum absolute atomic E-state index is 13.4. The van der Waals surface area contributed by atoms with Crippen molar-refractivity contribution in [1.29, 1.82) is 0 Å². The molecule has 0 saturated heterocycles. The van der Waals surface area contributed by atoms with Gasteiger partial charge < -0.3 is 4.74 Å². The van der Waals surface area contributed by atoms with E-state index < -0.39 is 4.92 Å². The second-order valence-corrected chi connectivity index (χ2v) is 8.94. The monoisotopic (exact) mass is 482 g/mol. The number of non-ortho nitro benzene ring substituents is 1. The van der Waals surface area contributed by atoms with E-state index in [9.17, 15) is 14.9 Å². The summed E-state index contributed by atoms with van der Waals surface area (Å²) in [6.45, 7) is 0.164. The second kappa shape index (κ2) is 10.5. The fraction of sp³-hybridized carbons (Fsp3) is 0.250. The Morgan fingerprint density at radius 3 is 2.64 bits per heavy atom. The molecule has 0 bridgehead atoms. The minimum atomic E-state index is -0.427. The number of nitro groups is 1. The normalized spacial score (nSPS) is 14.3. The Morgan fingerprint density at radius 2 is 1.81 bits per heavy atom. The standard InChI is InChI=1S/C28H26N4O4/c33-28-24-14-5-6-15-25(24)30-27(21-10-2-1-3-11-21)31(28)29-18-22-12-4-7-16-26(22)36-19-20-9-8-13-23(17-20)32(34)35/h4-9,12-18,21H,1-3,10-11,19H2. The van der Waals surface area contributed by atoms with Crippen LogP contribution in [0, 0.1) is 10.1 Å². The van der Waals surface area contributed by atoms with Crippen LogP contribution in [-0.2, 0) is 6.61 Å². The maximum atomic E-state index is 13.4. The summed E-state index contributed by atoms with van der Waals surface area (Å²) in [6.07, 6.45) is 7.03. The number of nitro benzene ring substituents is 1. The summed E-state index contributed by atoms with van der Waals surface area (Å²) in [5, 5.41) is 16.2. The van der Waals surface area contributed by atoms with Crippen LogP contribution in [0.3, 0.4) is 0 Å². The van der Waals surface area contributed by atoms with Crippen molar-refractivity contribution in [3.8, 4) is 5.75 Å². The van der Waals surface area contributed by atoms with E-state index in [0.717, 1.165) is 25.7 Å². The second-order valence-electron chi connectivity index (χ2n) is 8.94. The van der Waals surface area contributed by atoms with Gasteiger partial charge in [0.25, 0.3) is 11.2 Å². The van der Waals surface area contributed by atoms with E-state index in [1.165, 1.54) is 23.2 Å². The molecule has 0 N–H and O–H groups in total. The van der Waals surface area contributed by atoms with Crippen molar-refractivity contribution < 1.29 is 9.66 Å². The van der Waals surface area contributed by atoms with Crippen LogP contribution in [-0.4, -0.2) is 20.8 Å². The molecule has 1 heterocycles. The van der Waals surface area contributed by atoms with Gasteiger partial charge in [0.05, 0.1) is 22.0 Å². The molecule has 4 aromatic rings. The van der Waals surface area contributed by atoms with Crippen LogP contribution in [0.1, 0.15) is 55.0 Å². The van der Waals surface area contributed by atoms with E-state index in [0.29, 0.717) is 33.6 Å². The first-order chi connectivity index (χ1) is 17.6. The Kier molecular flexibility index (Phi) is 6.84. The summed E-state index contributed by atoms with van der Waals surface area (Å²) in [5.41, 5.74) is 1.90. The highest BCUT2D eigenvalue weighted by atomic mass is 16.6. The fourth-order valence-electron chi connectivity index (χ4n) is 4.64. The zero-order valence-corrected chi connectivity index (χ0v) is 19.7. The number of rotatable bonds is 7. The van der Waals surface area contributed by atoms with Crippen molar-refractivity contribution in [2.45, 2.75) is 44.6 Å². The van der Waals surface area contributed by atoms with Gasteiger partial charge in [-0.1, -0.05) is 55.7 Å². The van der Waals surface area contributed by atoms with E-state index in [1.54, 1.807) is 24.4 Å². The molecule has 5 rings (SSSR count). The van der Waals surface area contributed by atoms with Crippen molar-refractivity contribution in [1.82, 2.24) is 9.66 Å². The third-order valence-electron chi connectivity index (χ3n) is 6.50. The number of ether oxygens (including phenoxy) is 1. The molecule has 8 heteroatoms. The van der Waals surface area contributed by atoms with Crippen LogP contribution < -0.4 is 10.3 Å². The zero-order valence-electron chi connectivity index (χ0n) is 19.7. The number of nitrogens with zero attached hydrogens (tertiary/aromatic N) is 4. The average Bonchev–Trinajstić information content (AvgIpc) is 2.92. The van der Waals surface area contributed by atoms with Gasteiger partial charge in [0.2, 0.25) is 0 Å². The van der Waals surface area contributed by atoms with Gasteiger partial charge in [-0.05, 0) is 42.7 Å². The molecule has 0 unspecified atom stereocenters. The van der Waals surface area contributed by atoms with E-state index in [1.807, 2.05) is 42.5 Å². The van der Waals surface area contributed by atoms with Crippen LogP contribution in [0.25, 0.3) is 10.9 Å². The predicted molar refractivity (Wildman–Crippen MR) is 139 cm³/mol. The summed E-state index contributed by atoms with van der Waals surface area (Å²) >= 11 is 0. The summed E-state index contributed by atoms with van der Waals surface area (Å²) in [5.74, 6) is 1.45. The van der Waals surface area contributed by atoms with E-state index in [-0.39, 0.29) is 23.8 Å². The Bertz CT molecular complexity index is 1490. The number of para-hydroxylation sites is 2. The quantitative estimate of drug-likeness (QED) is 0.188. The number of hydrogen-bond donors (Lipinski definition) is 0. The average molecular weight is 483 g/mol. The lowest BCUT2D eigenvalue weighted by Crippen LogP contribution is -2.25. The lowest BCUT2D eigenvalue weighted by molar-refractivity contribution is -0.384. The number of fused-ring (bicyclic) bond motifs is 1. The molecule has 3 aromatic carbocycles. The predicted octanol–water partition coefficient (Wildman–Crippen LogP) is 5.81. The Hall–Kier alpha value is -4.33. The number of hydrogen-bond acceptors (Lipinski definition) is 6. The highest BCUT2D eigenvalue weighted by Crippen LogP contribution is 2.32. The third-order valence-corrected chi connectivity index (χ3v) is 6.50. The Morgan fingerprint density at radius 1 is 1.03 bits per heavy atom. The molecule has 182 valence electrons.